The summed E-state index contributed by atoms with van der Waals surface area (Å²) < 4.78 is 10.8. The Balaban J connectivity index is 1.70. The first kappa shape index (κ1) is 16.2. The maximum atomic E-state index is 5.74. The molecule has 4 heteroatoms. The van der Waals surface area contributed by atoms with Crippen molar-refractivity contribution in [2.45, 2.75) is 45.2 Å². The molecule has 0 aromatic carbocycles. The molecule has 1 aliphatic heterocycles. The summed E-state index contributed by atoms with van der Waals surface area (Å²) in [5.41, 5.74) is 0. The lowest BCUT2D eigenvalue weighted by atomic mass is 9.97. The van der Waals surface area contributed by atoms with Gasteiger partial charge in [-0.2, -0.15) is 0 Å². The topological polar surface area (TPSA) is 33.7 Å². The SMILES string of the molecule is COCCCOCCN1CC(C(C)C)NCC1C1CC1. The lowest BCUT2D eigenvalue weighted by Crippen LogP contribution is -2.59. The molecular formula is C16H32N2O2. The van der Waals surface area contributed by atoms with Gasteiger partial charge in [0.1, 0.15) is 0 Å². The average Bonchev–Trinajstić information content (AvgIpc) is 3.27. The van der Waals surface area contributed by atoms with Crippen LogP contribution in [-0.4, -0.2) is 63.5 Å². The summed E-state index contributed by atoms with van der Waals surface area (Å²) in [4.78, 5) is 2.68. The van der Waals surface area contributed by atoms with Gasteiger partial charge < -0.3 is 14.8 Å². The zero-order chi connectivity index (χ0) is 14.4. The van der Waals surface area contributed by atoms with Gasteiger partial charge in [0.05, 0.1) is 6.61 Å². The van der Waals surface area contributed by atoms with Gasteiger partial charge in [0.2, 0.25) is 0 Å². The fourth-order valence-electron chi connectivity index (χ4n) is 3.09. The number of nitrogens with one attached hydrogen (secondary N) is 1. The van der Waals surface area contributed by atoms with Gasteiger partial charge in [-0.25, -0.2) is 0 Å². The minimum Gasteiger partial charge on any atom is -0.385 e. The molecule has 0 aromatic heterocycles. The highest BCUT2D eigenvalue weighted by Crippen LogP contribution is 2.36. The Morgan fingerprint density at radius 1 is 1.20 bits per heavy atom. The average molecular weight is 284 g/mol. The monoisotopic (exact) mass is 284 g/mol. The highest BCUT2D eigenvalue weighted by Gasteiger charge is 2.38. The molecule has 0 amide bonds. The van der Waals surface area contributed by atoms with Crippen molar-refractivity contribution in [1.82, 2.24) is 10.2 Å². The first-order valence-electron chi connectivity index (χ1n) is 8.26. The number of rotatable bonds is 9. The Bertz CT molecular complexity index is 269. The fourth-order valence-corrected chi connectivity index (χ4v) is 3.09. The number of hydrogen-bond acceptors (Lipinski definition) is 4. The van der Waals surface area contributed by atoms with Gasteiger partial charge in [0, 0.05) is 52.0 Å². The number of nitrogens with zero attached hydrogens (tertiary/aromatic N) is 1. The second kappa shape index (κ2) is 8.32. The summed E-state index contributed by atoms with van der Waals surface area (Å²) in [6.07, 6.45) is 3.84. The van der Waals surface area contributed by atoms with Crippen molar-refractivity contribution in [1.29, 1.82) is 0 Å². The molecule has 1 N–H and O–H groups in total. The molecule has 0 aromatic rings. The zero-order valence-corrected chi connectivity index (χ0v) is 13.4. The van der Waals surface area contributed by atoms with E-state index in [4.69, 9.17) is 9.47 Å². The molecule has 20 heavy (non-hydrogen) atoms. The zero-order valence-electron chi connectivity index (χ0n) is 13.4. The van der Waals surface area contributed by atoms with E-state index >= 15 is 0 Å². The van der Waals surface area contributed by atoms with Crippen LogP contribution in [0.25, 0.3) is 0 Å². The normalized spacial score (nSPS) is 28.2. The van der Waals surface area contributed by atoms with Gasteiger partial charge in [-0.05, 0) is 31.1 Å². The van der Waals surface area contributed by atoms with E-state index in [9.17, 15) is 0 Å². The van der Waals surface area contributed by atoms with Gasteiger partial charge in [0.25, 0.3) is 0 Å². The lowest BCUT2D eigenvalue weighted by molar-refractivity contribution is 0.0453. The molecule has 1 saturated carbocycles. The Hall–Kier alpha value is -0.160. The van der Waals surface area contributed by atoms with Crippen molar-refractivity contribution in [2.24, 2.45) is 11.8 Å². The predicted molar refractivity (Wildman–Crippen MR) is 82.0 cm³/mol. The van der Waals surface area contributed by atoms with E-state index in [0.717, 1.165) is 51.3 Å². The molecule has 0 bridgehead atoms. The van der Waals surface area contributed by atoms with Crippen LogP contribution < -0.4 is 5.32 Å². The largest absolute Gasteiger partial charge is 0.385 e. The van der Waals surface area contributed by atoms with E-state index in [2.05, 4.69) is 24.1 Å². The second-order valence-corrected chi connectivity index (χ2v) is 6.62. The first-order valence-corrected chi connectivity index (χ1v) is 8.26. The molecule has 1 heterocycles. The highest BCUT2D eigenvalue weighted by molar-refractivity contribution is 4.95. The third-order valence-electron chi connectivity index (χ3n) is 4.62. The van der Waals surface area contributed by atoms with Crippen LogP contribution in [0.4, 0.5) is 0 Å². The minimum atomic E-state index is 0.637. The summed E-state index contributed by atoms with van der Waals surface area (Å²) in [7, 11) is 1.74. The van der Waals surface area contributed by atoms with Crippen molar-refractivity contribution in [3.63, 3.8) is 0 Å². The molecule has 4 nitrogen and oxygen atoms in total. The van der Waals surface area contributed by atoms with E-state index in [1.165, 1.54) is 19.4 Å². The van der Waals surface area contributed by atoms with E-state index in [1.807, 2.05) is 0 Å². The van der Waals surface area contributed by atoms with Crippen LogP contribution in [0, 0.1) is 11.8 Å². The van der Waals surface area contributed by atoms with E-state index in [-0.39, 0.29) is 0 Å². The Kier molecular flexibility index (Phi) is 6.75. The van der Waals surface area contributed by atoms with Crippen LogP contribution in [0.3, 0.4) is 0 Å². The van der Waals surface area contributed by atoms with Crippen LogP contribution >= 0.6 is 0 Å². The minimum absolute atomic E-state index is 0.637. The van der Waals surface area contributed by atoms with Crippen LogP contribution in [0.5, 0.6) is 0 Å². The Labute approximate surface area is 124 Å². The van der Waals surface area contributed by atoms with Crippen LogP contribution in [0.2, 0.25) is 0 Å². The maximum absolute atomic E-state index is 5.74. The smallest absolute Gasteiger partial charge is 0.0593 e. The number of methoxy groups -OCH3 is 1. The van der Waals surface area contributed by atoms with Crippen molar-refractivity contribution in [2.75, 3.05) is 46.6 Å². The third-order valence-corrected chi connectivity index (χ3v) is 4.62. The first-order chi connectivity index (χ1) is 9.72. The molecule has 2 atom stereocenters. The standard InChI is InChI=1S/C16H32N2O2/c1-13(2)15-12-18(7-10-20-9-4-8-19-3)16(11-17-15)14-5-6-14/h13-17H,4-12H2,1-3H3. The Morgan fingerprint density at radius 3 is 2.65 bits per heavy atom. The van der Waals surface area contributed by atoms with Gasteiger partial charge in [-0.3, -0.25) is 4.90 Å². The van der Waals surface area contributed by atoms with Crippen molar-refractivity contribution in [3.8, 4) is 0 Å². The van der Waals surface area contributed by atoms with Crippen molar-refractivity contribution >= 4 is 0 Å². The fraction of sp³-hybridized carbons (Fsp3) is 1.00. The van der Waals surface area contributed by atoms with Crippen LogP contribution in [0.1, 0.15) is 33.1 Å². The molecule has 2 rings (SSSR count). The van der Waals surface area contributed by atoms with E-state index in [1.54, 1.807) is 7.11 Å². The summed E-state index contributed by atoms with van der Waals surface area (Å²) >= 11 is 0. The molecule has 118 valence electrons. The molecular weight excluding hydrogens is 252 g/mol. The third kappa shape index (κ3) is 4.99. The van der Waals surface area contributed by atoms with Crippen LogP contribution in [0.15, 0.2) is 0 Å². The van der Waals surface area contributed by atoms with E-state index in [0.29, 0.717) is 12.0 Å². The number of piperazine rings is 1. The Morgan fingerprint density at radius 2 is 2.00 bits per heavy atom. The second-order valence-electron chi connectivity index (χ2n) is 6.62. The molecule has 0 spiro atoms. The van der Waals surface area contributed by atoms with Gasteiger partial charge in [-0.1, -0.05) is 13.8 Å². The molecule has 2 aliphatic rings. The summed E-state index contributed by atoms with van der Waals surface area (Å²) in [5, 5.41) is 3.74. The highest BCUT2D eigenvalue weighted by atomic mass is 16.5. The van der Waals surface area contributed by atoms with E-state index < -0.39 is 0 Å². The number of ether oxygens (including phenoxy) is 2. The van der Waals surface area contributed by atoms with Gasteiger partial charge in [-0.15, -0.1) is 0 Å². The van der Waals surface area contributed by atoms with Gasteiger partial charge in [0.15, 0.2) is 0 Å². The predicted octanol–water partition coefficient (Wildman–Crippen LogP) is 1.75. The summed E-state index contributed by atoms with van der Waals surface area (Å²) in [6.45, 7) is 10.5. The molecule has 1 saturated heterocycles. The molecule has 2 unspecified atom stereocenters. The quantitative estimate of drug-likeness (QED) is 0.654. The van der Waals surface area contributed by atoms with Crippen molar-refractivity contribution < 1.29 is 9.47 Å². The summed E-state index contributed by atoms with van der Waals surface area (Å²) in [5.74, 6) is 1.64. The van der Waals surface area contributed by atoms with Crippen LogP contribution in [-0.2, 0) is 9.47 Å². The maximum Gasteiger partial charge on any atom is 0.0593 e. The molecule has 2 fully saturated rings. The van der Waals surface area contributed by atoms with Crippen molar-refractivity contribution in [3.05, 3.63) is 0 Å². The summed E-state index contributed by atoms with van der Waals surface area (Å²) in [6, 6.07) is 1.38. The lowest BCUT2D eigenvalue weighted by Gasteiger charge is -2.42. The molecule has 1 aliphatic carbocycles. The van der Waals surface area contributed by atoms with Gasteiger partial charge >= 0.3 is 0 Å². The molecule has 0 radical (unpaired) electrons. The number of hydrogen-bond donors (Lipinski definition) is 1.